The molecule has 0 saturated heterocycles. The number of nitrogens with two attached hydrogens (primary N) is 1. The molecule has 3 aromatic rings. The van der Waals surface area contributed by atoms with E-state index in [0.717, 1.165) is 5.56 Å². The summed E-state index contributed by atoms with van der Waals surface area (Å²) in [5, 5.41) is 0. The lowest BCUT2D eigenvalue weighted by Crippen LogP contribution is -2.46. The quantitative estimate of drug-likeness (QED) is 0.392. The smallest absolute Gasteiger partial charge is 0.338 e. The summed E-state index contributed by atoms with van der Waals surface area (Å²) in [6.07, 6.45) is 3.33. The highest BCUT2D eigenvalue weighted by atomic mass is 19.1. The summed E-state index contributed by atoms with van der Waals surface area (Å²) in [5.41, 5.74) is 9.18. The minimum Gasteiger partial charge on any atom is -0.468 e. The Kier molecular flexibility index (Phi) is 6.98. The monoisotopic (exact) mass is 527 g/mol. The number of benzene rings is 2. The first kappa shape index (κ1) is 25.8. The standard InChI is InChI=1S/C30H26FN3O5/c1-38-29(36)24-21(17-7-4-3-5-8-17)15-22-25(27(24)35)23(18-9-6-14-33-16-18)26(30(37)39-2)28(32)34(22)20-12-10-19(31)11-13-20/h3-14,16,21,23-24H,15,32H2,1-2H3/t21-,23+,24+/m0/s1. The van der Waals surface area contributed by atoms with Gasteiger partial charge in [-0.25, -0.2) is 9.18 Å². The first-order valence-electron chi connectivity index (χ1n) is 12.3. The van der Waals surface area contributed by atoms with Gasteiger partial charge in [-0.05, 0) is 47.9 Å². The number of aromatic nitrogens is 1. The van der Waals surface area contributed by atoms with Gasteiger partial charge in [-0.3, -0.25) is 19.5 Å². The van der Waals surface area contributed by atoms with Gasteiger partial charge in [-0.2, -0.15) is 0 Å². The molecule has 5 rings (SSSR count). The van der Waals surface area contributed by atoms with E-state index in [2.05, 4.69) is 4.98 Å². The Morgan fingerprint density at radius 2 is 1.67 bits per heavy atom. The average Bonchev–Trinajstić information content (AvgIpc) is 2.97. The van der Waals surface area contributed by atoms with Crippen molar-refractivity contribution in [3.63, 3.8) is 0 Å². The van der Waals surface area contributed by atoms with Crippen LogP contribution in [0.3, 0.4) is 0 Å². The highest BCUT2D eigenvalue weighted by Gasteiger charge is 2.51. The fourth-order valence-corrected chi connectivity index (χ4v) is 5.51. The molecule has 198 valence electrons. The maximum atomic E-state index is 14.4. The van der Waals surface area contributed by atoms with Crippen molar-refractivity contribution in [2.75, 3.05) is 19.1 Å². The Morgan fingerprint density at radius 3 is 2.28 bits per heavy atom. The Bertz CT molecular complexity index is 1490. The number of allylic oxidation sites excluding steroid dienone is 2. The average molecular weight is 528 g/mol. The van der Waals surface area contributed by atoms with Gasteiger partial charge in [-0.15, -0.1) is 0 Å². The molecule has 3 atom stereocenters. The Labute approximate surface area is 224 Å². The first-order chi connectivity index (χ1) is 18.9. The number of esters is 2. The molecule has 0 radical (unpaired) electrons. The van der Waals surface area contributed by atoms with Gasteiger partial charge in [0.1, 0.15) is 17.6 Å². The van der Waals surface area contributed by atoms with E-state index < -0.39 is 41.3 Å². The van der Waals surface area contributed by atoms with Crippen LogP contribution in [0.5, 0.6) is 0 Å². The molecular formula is C30H26FN3O5. The number of ketones is 1. The van der Waals surface area contributed by atoms with E-state index in [9.17, 15) is 18.8 Å². The van der Waals surface area contributed by atoms with Crippen molar-refractivity contribution in [3.8, 4) is 0 Å². The molecule has 0 saturated carbocycles. The number of Topliss-reactive ketones (excluding diaryl/α,β-unsaturated/α-hetero) is 1. The Balaban J connectivity index is 1.82. The van der Waals surface area contributed by atoms with E-state index in [4.69, 9.17) is 15.2 Å². The summed E-state index contributed by atoms with van der Waals surface area (Å²) >= 11 is 0. The van der Waals surface area contributed by atoms with Crippen LogP contribution in [0.25, 0.3) is 0 Å². The predicted molar refractivity (Wildman–Crippen MR) is 140 cm³/mol. The van der Waals surface area contributed by atoms with Crippen LogP contribution in [0.15, 0.2) is 102 Å². The molecule has 2 aromatic carbocycles. The third-order valence-corrected chi connectivity index (χ3v) is 7.23. The number of rotatable bonds is 5. The van der Waals surface area contributed by atoms with Gasteiger partial charge in [0.05, 0.1) is 25.7 Å². The van der Waals surface area contributed by atoms with Gasteiger partial charge in [0.2, 0.25) is 0 Å². The molecule has 1 aliphatic carbocycles. The van der Waals surface area contributed by atoms with Crippen LogP contribution in [0.1, 0.15) is 29.4 Å². The maximum Gasteiger partial charge on any atom is 0.338 e. The van der Waals surface area contributed by atoms with Crippen molar-refractivity contribution in [1.29, 1.82) is 0 Å². The van der Waals surface area contributed by atoms with Crippen molar-refractivity contribution >= 4 is 23.4 Å². The van der Waals surface area contributed by atoms with E-state index in [1.165, 1.54) is 38.5 Å². The molecule has 39 heavy (non-hydrogen) atoms. The molecule has 1 aromatic heterocycles. The van der Waals surface area contributed by atoms with Gasteiger partial charge < -0.3 is 15.2 Å². The lowest BCUT2D eigenvalue weighted by molar-refractivity contribution is -0.150. The van der Waals surface area contributed by atoms with Crippen molar-refractivity contribution in [2.45, 2.75) is 18.3 Å². The molecule has 0 bridgehead atoms. The number of carbonyl (C=O) groups excluding carboxylic acids is 3. The molecule has 8 nitrogen and oxygen atoms in total. The largest absolute Gasteiger partial charge is 0.468 e. The van der Waals surface area contributed by atoms with Gasteiger partial charge in [0, 0.05) is 35.3 Å². The number of halogens is 1. The lowest BCUT2D eigenvalue weighted by Gasteiger charge is -2.44. The van der Waals surface area contributed by atoms with Gasteiger partial charge >= 0.3 is 11.9 Å². The van der Waals surface area contributed by atoms with E-state index >= 15 is 0 Å². The molecule has 2 heterocycles. The summed E-state index contributed by atoms with van der Waals surface area (Å²) in [7, 11) is 2.46. The SMILES string of the molecule is COC(=O)C1=C(N)N(c2ccc(F)cc2)C2=C(C(=O)[C@H](C(=O)OC)[C@H](c3ccccc3)C2)[C@H]1c1cccnc1. The second kappa shape index (κ2) is 10.5. The summed E-state index contributed by atoms with van der Waals surface area (Å²) in [5.74, 6) is -5.02. The Morgan fingerprint density at radius 1 is 0.974 bits per heavy atom. The second-order valence-corrected chi connectivity index (χ2v) is 9.27. The zero-order chi connectivity index (χ0) is 27.7. The molecule has 0 unspecified atom stereocenters. The van der Waals surface area contributed by atoms with Crippen LogP contribution in [0, 0.1) is 11.7 Å². The summed E-state index contributed by atoms with van der Waals surface area (Å²) in [4.78, 5) is 46.6. The van der Waals surface area contributed by atoms with Crippen LogP contribution >= 0.6 is 0 Å². The number of methoxy groups -OCH3 is 2. The third-order valence-electron chi connectivity index (χ3n) is 7.23. The number of carbonyl (C=O) groups is 3. The van der Waals surface area contributed by atoms with Gasteiger partial charge in [0.15, 0.2) is 5.78 Å². The second-order valence-electron chi connectivity index (χ2n) is 9.27. The Hall–Kier alpha value is -4.79. The minimum atomic E-state index is -1.16. The van der Waals surface area contributed by atoms with Crippen LogP contribution in [-0.2, 0) is 23.9 Å². The predicted octanol–water partition coefficient (Wildman–Crippen LogP) is 3.97. The van der Waals surface area contributed by atoms with Crippen molar-refractivity contribution in [3.05, 3.63) is 119 Å². The first-order valence-corrected chi connectivity index (χ1v) is 12.3. The molecule has 1 aliphatic heterocycles. The number of pyridine rings is 1. The number of ether oxygens (including phenoxy) is 2. The van der Waals surface area contributed by atoms with Crippen LogP contribution in [0.2, 0.25) is 0 Å². The van der Waals surface area contributed by atoms with Crippen LogP contribution in [-0.4, -0.2) is 36.9 Å². The van der Waals surface area contributed by atoms with Gasteiger partial charge in [0.25, 0.3) is 0 Å². The minimum absolute atomic E-state index is 0.0173. The normalized spacial score (nSPS) is 20.9. The maximum absolute atomic E-state index is 14.4. The summed E-state index contributed by atoms with van der Waals surface area (Å²) in [6, 6.07) is 18.2. The molecule has 2 N–H and O–H groups in total. The molecular weight excluding hydrogens is 501 g/mol. The van der Waals surface area contributed by atoms with Crippen molar-refractivity contribution < 1.29 is 28.2 Å². The van der Waals surface area contributed by atoms with Crippen molar-refractivity contribution in [1.82, 2.24) is 4.98 Å². The summed E-state index contributed by atoms with van der Waals surface area (Å²) in [6.45, 7) is 0. The van der Waals surface area contributed by atoms with Crippen molar-refractivity contribution in [2.24, 2.45) is 11.7 Å². The number of anilines is 1. The zero-order valence-corrected chi connectivity index (χ0v) is 21.3. The molecule has 0 amide bonds. The molecule has 0 fully saturated rings. The molecule has 2 aliphatic rings. The topological polar surface area (TPSA) is 112 Å². The fraction of sp³-hybridized carbons (Fsp3) is 0.200. The van der Waals surface area contributed by atoms with E-state index in [-0.39, 0.29) is 23.4 Å². The lowest BCUT2D eigenvalue weighted by atomic mass is 9.67. The van der Waals surface area contributed by atoms with E-state index in [0.29, 0.717) is 16.9 Å². The number of hydrogen-bond donors (Lipinski definition) is 1. The number of nitrogens with zero attached hydrogens (tertiary/aromatic N) is 2. The number of hydrogen-bond acceptors (Lipinski definition) is 8. The molecule has 0 spiro atoms. The van der Waals surface area contributed by atoms with Crippen LogP contribution in [0.4, 0.5) is 10.1 Å². The van der Waals surface area contributed by atoms with E-state index in [1.54, 1.807) is 29.4 Å². The van der Waals surface area contributed by atoms with Crippen LogP contribution < -0.4 is 10.6 Å². The third kappa shape index (κ3) is 4.46. The molecule has 9 heteroatoms. The van der Waals surface area contributed by atoms with E-state index in [1.807, 2.05) is 30.3 Å². The van der Waals surface area contributed by atoms with Gasteiger partial charge in [-0.1, -0.05) is 36.4 Å². The zero-order valence-electron chi connectivity index (χ0n) is 21.3. The highest BCUT2D eigenvalue weighted by Crippen LogP contribution is 2.51. The fourth-order valence-electron chi connectivity index (χ4n) is 5.51. The summed E-state index contributed by atoms with van der Waals surface area (Å²) < 4.78 is 24.1. The highest BCUT2D eigenvalue weighted by molar-refractivity contribution is 6.14.